The highest BCUT2D eigenvalue weighted by molar-refractivity contribution is 6.28. The van der Waals surface area contributed by atoms with Crippen LogP contribution < -0.4 is 10.6 Å². The number of rotatable bonds is 6. The summed E-state index contributed by atoms with van der Waals surface area (Å²) in [5.41, 5.74) is 0.176. The summed E-state index contributed by atoms with van der Waals surface area (Å²) in [5, 5.41) is 5.79. The van der Waals surface area contributed by atoms with Gasteiger partial charge in [0.25, 0.3) is 0 Å². The second-order valence-electron chi connectivity index (χ2n) is 4.27. The molecule has 0 fully saturated rings. The molecule has 1 aromatic carbocycles. The van der Waals surface area contributed by atoms with Crippen molar-refractivity contribution in [3.05, 3.63) is 40.7 Å². The van der Waals surface area contributed by atoms with E-state index in [-0.39, 0.29) is 23.3 Å². The van der Waals surface area contributed by atoms with E-state index in [1.54, 1.807) is 0 Å². The van der Waals surface area contributed by atoms with E-state index in [1.807, 2.05) is 6.92 Å². The molecule has 0 radical (unpaired) electrons. The van der Waals surface area contributed by atoms with Gasteiger partial charge in [-0.1, -0.05) is 6.92 Å². The fraction of sp³-hybridized carbons (Fsp3) is 0.308. The number of nitrogens with one attached hydrogen (secondary N) is 2. The molecule has 0 aliphatic carbocycles. The molecule has 0 amide bonds. The number of hydrogen-bond donors (Lipinski definition) is 2. The molecule has 1 aromatic heterocycles. The Labute approximate surface area is 125 Å². The van der Waals surface area contributed by atoms with Crippen molar-refractivity contribution in [1.82, 2.24) is 15.0 Å². The first-order chi connectivity index (χ1) is 10.1. The molecule has 0 atom stereocenters. The van der Waals surface area contributed by atoms with Crippen LogP contribution in [0.5, 0.6) is 0 Å². The summed E-state index contributed by atoms with van der Waals surface area (Å²) >= 11 is 5.79. The van der Waals surface area contributed by atoms with Gasteiger partial charge in [-0.05, 0) is 36.2 Å². The predicted molar refractivity (Wildman–Crippen MR) is 77.3 cm³/mol. The molecule has 5 nitrogen and oxygen atoms in total. The minimum absolute atomic E-state index is 0.0193. The lowest BCUT2D eigenvalue weighted by molar-refractivity contribution is 0.587. The molecule has 21 heavy (non-hydrogen) atoms. The van der Waals surface area contributed by atoms with Gasteiger partial charge in [-0.3, -0.25) is 0 Å². The molecule has 0 saturated heterocycles. The Hall–Kier alpha value is -2.02. The molecular weight excluding hydrogens is 300 g/mol. The molecule has 2 rings (SSSR count). The summed E-state index contributed by atoms with van der Waals surface area (Å²) in [4.78, 5) is 11.9. The van der Waals surface area contributed by atoms with Crippen molar-refractivity contribution in [1.29, 1.82) is 0 Å². The lowest BCUT2D eigenvalue weighted by atomic mass is 10.2. The monoisotopic (exact) mass is 313 g/mol. The lowest BCUT2D eigenvalue weighted by Crippen LogP contribution is -2.10. The van der Waals surface area contributed by atoms with Crippen molar-refractivity contribution in [3.63, 3.8) is 0 Å². The Morgan fingerprint density at radius 2 is 1.81 bits per heavy atom. The molecule has 0 saturated carbocycles. The summed E-state index contributed by atoms with van der Waals surface area (Å²) in [5.74, 6) is -0.489. The van der Waals surface area contributed by atoms with Gasteiger partial charge in [0, 0.05) is 18.7 Å². The van der Waals surface area contributed by atoms with E-state index in [0.29, 0.717) is 12.5 Å². The van der Waals surface area contributed by atoms with Crippen molar-refractivity contribution in [3.8, 4) is 0 Å². The molecule has 2 aromatic rings. The van der Waals surface area contributed by atoms with Gasteiger partial charge in [-0.15, -0.1) is 0 Å². The van der Waals surface area contributed by atoms with E-state index in [9.17, 15) is 8.78 Å². The van der Waals surface area contributed by atoms with Crippen LogP contribution in [-0.4, -0.2) is 21.5 Å². The third-order valence-electron chi connectivity index (χ3n) is 2.59. The molecule has 0 bridgehead atoms. The summed E-state index contributed by atoms with van der Waals surface area (Å²) in [6.45, 7) is 2.73. The van der Waals surface area contributed by atoms with Gasteiger partial charge in [0.1, 0.15) is 11.6 Å². The minimum atomic E-state index is -0.507. The second-order valence-corrected chi connectivity index (χ2v) is 4.61. The highest BCUT2D eigenvalue weighted by Gasteiger charge is 2.07. The second kappa shape index (κ2) is 7.12. The number of hydrogen-bond acceptors (Lipinski definition) is 5. The van der Waals surface area contributed by atoms with Crippen LogP contribution in [-0.2, 0) is 6.54 Å². The van der Waals surface area contributed by atoms with Gasteiger partial charge in [0.2, 0.25) is 17.2 Å². The van der Waals surface area contributed by atoms with E-state index in [0.717, 1.165) is 24.6 Å². The van der Waals surface area contributed by atoms with Crippen LogP contribution in [0.1, 0.15) is 18.9 Å². The maximum absolute atomic E-state index is 13.5. The topological polar surface area (TPSA) is 62.7 Å². The Morgan fingerprint density at radius 3 is 2.52 bits per heavy atom. The van der Waals surface area contributed by atoms with E-state index in [2.05, 4.69) is 25.6 Å². The molecule has 2 N–H and O–H groups in total. The highest BCUT2D eigenvalue weighted by Crippen LogP contribution is 2.13. The SMILES string of the molecule is CCCNc1nc(Cl)nc(NCc2cc(F)ccc2F)n1. The van der Waals surface area contributed by atoms with Gasteiger partial charge in [0.15, 0.2) is 0 Å². The van der Waals surface area contributed by atoms with Crippen molar-refractivity contribution in [2.75, 3.05) is 17.2 Å². The zero-order chi connectivity index (χ0) is 15.2. The van der Waals surface area contributed by atoms with E-state index in [4.69, 9.17) is 11.6 Å². The molecule has 0 aliphatic heterocycles. The fourth-order valence-electron chi connectivity index (χ4n) is 1.60. The first-order valence-corrected chi connectivity index (χ1v) is 6.79. The Kier molecular flexibility index (Phi) is 5.21. The van der Waals surface area contributed by atoms with Gasteiger partial charge in [0.05, 0.1) is 0 Å². The number of benzene rings is 1. The smallest absolute Gasteiger partial charge is 0.229 e. The van der Waals surface area contributed by atoms with E-state index >= 15 is 0 Å². The summed E-state index contributed by atoms with van der Waals surface area (Å²) < 4.78 is 26.6. The zero-order valence-corrected chi connectivity index (χ0v) is 12.1. The number of nitrogens with zero attached hydrogens (tertiary/aromatic N) is 3. The molecule has 1 heterocycles. The Bertz CT molecular complexity index is 624. The van der Waals surface area contributed by atoms with Crippen molar-refractivity contribution in [2.24, 2.45) is 0 Å². The van der Waals surface area contributed by atoms with Gasteiger partial charge >= 0.3 is 0 Å². The van der Waals surface area contributed by atoms with Crippen molar-refractivity contribution < 1.29 is 8.78 Å². The molecular formula is C13H14ClF2N5. The average molecular weight is 314 g/mol. The van der Waals surface area contributed by atoms with Crippen LogP contribution in [0.15, 0.2) is 18.2 Å². The summed E-state index contributed by atoms with van der Waals surface area (Å²) in [6, 6.07) is 3.24. The number of halogens is 3. The maximum atomic E-state index is 13.5. The van der Waals surface area contributed by atoms with Gasteiger partial charge in [-0.2, -0.15) is 15.0 Å². The predicted octanol–water partition coefficient (Wildman–Crippen LogP) is 3.24. The Morgan fingerprint density at radius 1 is 1.10 bits per heavy atom. The fourth-order valence-corrected chi connectivity index (χ4v) is 1.76. The standard InChI is InChI=1S/C13H14ClF2N5/c1-2-5-17-12-19-11(14)20-13(21-12)18-7-8-6-9(15)3-4-10(8)16/h3-4,6H,2,5,7H2,1H3,(H2,17,18,19,20,21). The normalized spacial score (nSPS) is 10.5. The number of anilines is 2. The first kappa shape index (κ1) is 15.4. The summed E-state index contributed by atoms with van der Waals surface area (Å²) in [7, 11) is 0. The van der Waals surface area contributed by atoms with E-state index in [1.165, 1.54) is 0 Å². The first-order valence-electron chi connectivity index (χ1n) is 6.41. The zero-order valence-electron chi connectivity index (χ0n) is 11.3. The third-order valence-corrected chi connectivity index (χ3v) is 2.75. The molecule has 0 unspecified atom stereocenters. The lowest BCUT2D eigenvalue weighted by Gasteiger charge is -2.08. The van der Waals surface area contributed by atoms with E-state index < -0.39 is 11.6 Å². The molecule has 0 spiro atoms. The third kappa shape index (κ3) is 4.49. The quantitative estimate of drug-likeness (QED) is 0.857. The van der Waals surface area contributed by atoms with Crippen LogP contribution in [0, 0.1) is 11.6 Å². The molecule has 8 heteroatoms. The number of aromatic nitrogens is 3. The molecule has 112 valence electrons. The van der Waals surface area contributed by atoms with Crippen LogP contribution in [0.3, 0.4) is 0 Å². The van der Waals surface area contributed by atoms with Crippen molar-refractivity contribution in [2.45, 2.75) is 19.9 Å². The van der Waals surface area contributed by atoms with Crippen LogP contribution in [0.25, 0.3) is 0 Å². The van der Waals surface area contributed by atoms with Crippen LogP contribution in [0.2, 0.25) is 5.28 Å². The van der Waals surface area contributed by atoms with Crippen LogP contribution >= 0.6 is 11.6 Å². The average Bonchev–Trinajstić information content (AvgIpc) is 2.45. The highest BCUT2D eigenvalue weighted by atomic mass is 35.5. The van der Waals surface area contributed by atoms with Gasteiger partial charge in [-0.25, -0.2) is 8.78 Å². The Balaban J connectivity index is 2.08. The minimum Gasteiger partial charge on any atom is -0.354 e. The molecule has 0 aliphatic rings. The maximum Gasteiger partial charge on any atom is 0.229 e. The largest absolute Gasteiger partial charge is 0.354 e. The van der Waals surface area contributed by atoms with Crippen LogP contribution in [0.4, 0.5) is 20.7 Å². The summed E-state index contributed by atoms with van der Waals surface area (Å²) in [6.07, 6.45) is 0.903. The van der Waals surface area contributed by atoms with Gasteiger partial charge < -0.3 is 10.6 Å². The van der Waals surface area contributed by atoms with Crippen molar-refractivity contribution >= 4 is 23.5 Å².